The van der Waals surface area contributed by atoms with Gasteiger partial charge in [-0.25, -0.2) is 0 Å². The zero-order valence-electron chi connectivity index (χ0n) is 44.6. The zero-order chi connectivity index (χ0) is 45.8. The van der Waals surface area contributed by atoms with Crippen LogP contribution < -0.4 is 0 Å². The smallest absolute Gasteiger partial charge is 0.00173 e. The Morgan fingerprint density at radius 2 is 1.02 bits per heavy atom. The van der Waals surface area contributed by atoms with E-state index in [0.717, 1.165) is 71.0 Å². The third-order valence-corrected chi connectivity index (χ3v) is 17.6. The lowest BCUT2D eigenvalue weighted by atomic mass is 9.71. The first kappa shape index (κ1) is 56.0. The number of fused-ring (bicyclic) bond motifs is 8. The molecule has 0 heterocycles. The number of hydrogen-bond donors (Lipinski definition) is 0. The van der Waals surface area contributed by atoms with E-state index in [1.54, 1.807) is 63.4 Å². The molecule has 364 valence electrons. The second-order valence-electron chi connectivity index (χ2n) is 21.5. The lowest BCUT2D eigenvalue weighted by Gasteiger charge is -2.35. The lowest BCUT2D eigenvalue weighted by molar-refractivity contribution is 0.229. The van der Waals surface area contributed by atoms with Crippen LogP contribution in [-0.4, -0.2) is 0 Å². The van der Waals surface area contributed by atoms with E-state index in [0.29, 0.717) is 0 Å². The third-order valence-electron chi connectivity index (χ3n) is 17.6. The van der Waals surface area contributed by atoms with Crippen molar-refractivity contribution in [2.24, 2.45) is 82.9 Å². The second-order valence-corrected chi connectivity index (χ2v) is 21.5. The van der Waals surface area contributed by atoms with Crippen LogP contribution in [0.1, 0.15) is 256 Å². The summed E-state index contributed by atoms with van der Waals surface area (Å²) >= 11 is 0. The molecule has 0 radical (unpaired) electrons. The van der Waals surface area contributed by atoms with Crippen LogP contribution in [0.4, 0.5) is 0 Å². The van der Waals surface area contributed by atoms with Gasteiger partial charge in [-0.05, 0) is 192 Å². The largest absolute Gasteiger partial charge is 0.0882 e. The van der Waals surface area contributed by atoms with Crippen LogP contribution >= 0.6 is 0 Å². The molecule has 0 amide bonds. The van der Waals surface area contributed by atoms with E-state index in [1.807, 2.05) is 55.4 Å². The van der Waals surface area contributed by atoms with Crippen molar-refractivity contribution in [1.29, 1.82) is 0 Å². The third kappa shape index (κ3) is 19.1. The summed E-state index contributed by atoms with van der Waals surface area (Å²) in [5.74, 6) is 14.5. The molecule has 11 unspecified atom stereocenters. The van der Waals surface area contributed by atoms with Gasteiger partial charge in [-0.1, -0.05) is 207 Å². The van der Waals surface area contributed by atoms with Crippen LogP contribution in [0.15, 0.2) is 60.3 Å². The molecule has 0 aromatic rings. The predicted molar refractivity (Wildman–Crippen MR) is 285 cm³/mol. The Hall–Kier alpha value is -1.30. The summed E-state index contributed by atoms with van der Waals surface area (Å²) in [5.41, 5.74) is 1.69. The van der Waals surface area contributed by atoms with Crippen LogP contribution in [0.25, 0.3) is 0 Å². The van der Waals surface area contributed by atoms with Gasteiger partial charge in [-0.2, -0.15) is 0 Å². The second kappa shape index (κ2) is 33.2. The molecule has 0 saturated heterocycles. The molecule has 0 aliphatic heterocycles. The molecular formula is C63H112. The van der Waals surface area contributed by atoms with Crippen LogP contribution in [0.3, 0.4) is 0 Å². The monoisotopic (exact) mass is 869 g/mol. The molecule has 11 atom stereocenters. The van der Waals surface area contributed by atoms with Crippen LogP contribution in [0, 0.1) is 82.9 Å². The van der Waals surface area contributed by atoms with E-state index in [1.165, 1.54) is 134 Å². The van der Waals surface area contributed by atoms with Gasteiger partial charge in [0.25, 0.3) is 0 Å². The average molecular weight is 870 g/mol. The first-order chi connectivity index (χ1) is 31.0. The van der Waals surface area contributed by atoms with Gasteiger partial charge in [0.2, 0.25) is 0 Å². The van der Waals surface area contributed by atoms with Gasteiger partial charge in [0, 0.05) is 0 Å². The molecule has 0 aromatic heterocycles. The molecule has 12 rings (SSSR count). The minimum Gasteiger partial charge on any atom is -0.0882 e. The van der Waals surface area contributed by atoms with Crippen molar-refractivity contribution in [3.8, 4) is 0 Å². The number of allylic oxidation sites excluding steroid dienone is 10. The summed E-state index contributed by atoms with van der Waals surface area (Å²) in [7, 11) is 0. The van der Waals surface area contributed by atoms with E-state index < -0.39 is 0 Å². The van der Waals surface area contributed by atoms with Gasteiger partial charge < -0.3 is 0 Å². The fourth-order valence-electron chi connectivity index (χ4n) is 14.1. The van der Waals surface area contributed by atoms with E-state index in [2.05, 4.69) is 75.5 Å². The molecule has 12 aliphatic rings. The van der Waals surface area contributed by atoms with Crippen LogP contribution in [-0.2, 0) is 0 Å². The van der Waals surface area contributed by atoms with E-state index in [4.69, 9.17) is 0 Å². The molecule has 4 bridgehead atoms. The van der Waals surface area contributed by atoms with Crippen molar-refractivity contribution in [3.05, 3.63) is 60.3 Å². The maximum absolute atomic E-state index is 2.52. The van der Waals surface area contributed by atoms with Crippen LogP contribution in [0.5, 0.6) is 0 Å². The van der Waals surface area contributed by atoms with Crippen molar-refractivity contribution in [1.82, 2.24) is 0 Å². The summed E-state index contributed by atoms with van der Waals surface area (Å²) in [5, 5.41) is 0. The van der Waals surface area contributed by atoms with Gasteiger partial charge in [-0.15, -0.1) is 0 Å². The average Bonchev–Trinajstić information content (AvgIpc) is 4.23. The molecular weight excluding hydrogens is 757 g/mol. The van der Waals surface area contributed by atoms with E-state index in [-0.39, 0.29) is 0 Å². The van der Waals surface area contributed by atoms with Gasteiger partial charge in [-0.3, -0.25) is 0 Å². The SMILES string of the molecule is C1=CC2CCC1C2.C1=CC2CCCC2CC1.C1CC2CCC1C2.CC.CC.CC.CC.CC1CC2CCCC2C1.CCC1C=CC2CCCCC2C1.CCC1CC=C2CC=CC2C1. The van der Waals surface area contributed by atoms with Crippen molar-refractivity contribution in [2.75, 3.05) is 0 Å². The lowest BCUT2D eigenvalue weighted by Crippen LogP contribution is -2.23. The summed E-state index contributed by atoms with van der Waals surface area (Å²) in [6, 6.07) is 0. The first-order valence-electron chi connectivity index (χ1n) is 29.4. The zero-order valence-corrected chi connectivity index (χ0v) is 44.6. The Labute approximate surface area is 397 Å². The molecule has 0 aromatic carbocycles. The summed E-state index contributed by atoms with van der Waals surface area (Å²) in [6.45, 7) is 23.0. The molecule has 0 nitrogen and oxygen atoms in total. The quantitative estimate of drug-likeness (QED) is 0.243. The maximum Gasteiger partial charge on any atom is -0.00173 e. The van der Waals surface area contributed by atoms with E-state index in [9.17, 15) is 0 Å². The Morgan fingerprint density at radius 1 is 0.444 bits per heavy atom. The highest BCUT2D eigenvalue weighted by atomic mass is 14.4. The predicted octanol–water partition coefficient (Wildman–Crippen LogP) is 20.9. The minimum absolute atomic E-state index is 0.827. The molecule has 63 heavy (non-hydrogen) atoms. The van der Waals surface area contributed by atoms with Gasteiger partial charge in [0.05, 0.1) is 0 Å². The van der Waals surface area contributed by atoms with Crippen molar-refractivity contribution in [2.45, 2.75) is 256 Å². The van der Waals surface area contributed by atoms with Crippen molar-refractivity contribution >= 4 is 0 Å². The van der Waals surface area contributed by atoms with Crippen molar-refractivity contribution < 1.29 is 0 Å². The van der Waals surface area contributed by atoms with Crippen LogP contribution in [0.2, 0.25) is 0 Å². The van der Waals surface area contributed by atoms with Gasteiger partial charge in [0.1, 0.15) is 0 Å². The topological polar surface area (TPSA) is 0 Å². The molecule has 0 N–H and O–H groups in total. The molecule has 7 fully saturated rings. The minimum atomic E-state index is 0.827. The van der Waals surface area contributed by atoms with Gasteiger partial charge >= 0.3 is 0 Å². The summed E-state index contributed by atoms with van der Waals surface area (Å²) < 4.78 is 0. The number of rotatable bonds is 2. The normalized spacial score (nSPS) is 37.7. The van der Waals surface area contributed by atoms with Gasteiger partial charge in [0.15, 0.2) is 0 Å². The summed E-state index contributed by atoms with van der Waals surface area (Å²) in [6.07, 6.45) is 63.1. The molecule has 0 heteroatoms. The highest BCUT2D eigenvalue weighted by Crippen LogP contribution is 2.47. The molecule has 12 aliphatic carbocycles. The Morgan fingerprint density at radius 3 is 1.56 bits per heavy atom. The molecule has 0 spiro atoms. The standard InChI is InChI=1S/C12H20.C11H16.C9H16.C9H14.C7H12.C7H10.4C2H6/c1-2-10-7-8-11-5-3-4-6-12(11)9-10;1-2-9-6-7-10-4-3-5-11(10)8-9;1-7-5-8-3-2-4-9(8)6-7;1-2-5-9-7-3-6-8(9)4-1;2*1-2-7-4-3-6(1)5-7;4*1-2/h7-8,10-12H,2-6,9H2,1H3;3,5,7,9,11H,2,4,6,8H2,1H3;7-9H,2-6H2,1H3;1,4,8-9H,2-3,5-7H2;6-7H,1-5H2;1-2,6-7H,3-5H2;4*1-2H3. The Kier molecular flexibility index (Phi) is 29.5. The Bertz CT molecular complexity index is 1230. The molecule has 7 saturated carbocycles. The number of hydrogen-bond acceptors (Lipinski definition) is 0. The fraction of sp³-hybridized carbons (Fsp3) is 0.841. The highest BCUT2D eigenvalue weighted by Gasteiger charge is 2.35. The van der Waals surface area contributed by atoms with Crippen molar-refractivity contribution in [3.63, 3.8) is 0 Å². The Balaban J connectivity index is 0.000000196. The summed E-state index contributed by atoms with van der Waals surface area (Å²) in [4.78, 5) is 0. The fourth-order valence-corrected chi connectivity index (χ4v) is 14.1. The highest BCUT2D eigenvalue weighted by molar-refractivity contribution is 5.25. The van der Waals surface area contributed by atoms with E-state index >= 15 is 0 Å². The maximum atomic E-state index is 2.52. The first-order valence-corrected chi connectivity index (χ1v) is 29.4.